The number of carbonyl (C=O) groups excluding carboxylic acids is 1. The molecule has 9 heteroatoms. The summed E-state index contributed by atoms with van der Waals surface area (Å²) in [6.07, 6.45) is 0.802. The van der Waals surface area contributed by atoms with Crippen molar-refractivity contribution in [3.63, 3.8) is 0 Å². The number of ether oxygens (including phenoxy) is 1. The van der Waals surface area contributed by atoms with Gasteiger partial charge in [0.15, 0.2) is 11.0 Å². The van der Waals surface area contributed by atoms with Crippen molar-refractivity contribution in [3.05, 3.63) is 71.9 Å². The molecule has 0 aliphatic heterocycles. The number of rotatable bonds is 10. The molecule has 0 saturated heterocycles. The third-order valence-corrected chi connectivity index (χ3v) is 6.21. The number of aromatic nitrogens is 4. The molecule has 8 nitrogen and oxygen atoms in total. The SMILES string of the molecule is COc1ccccc1-c1nnc(SCC(=O)Nc2cc(C(C)C)no2)n1CCc1ccccc1. The quantitative estimate of drug-likeness (QED) is 0.320. The van der Waals surface area contributed by atoms with Gasteiger partial charge in [-0.25, -0.2) is 0 Å². The topological polar surface area (TPSA) is 95.1 Å². The van der Waals surface area contributed by atoms with Gasteiger partial charge in [-0.15, -0.1) is 10.2 Å². The zero-order valence-electron chi connectivity index (χ0n) is 19.4. The summed E-state index contributed by atoms with van der Waals surface area (Å²) >= 11 is 1.33. The molecule has 0 bridgehead atoms. The van der Waals surface area contributed by atoms with E-state index in [0.717, 1.165) is 23.4 Å². The summed E-state index contributed by atoms with van der Waals surface area (Å²) in [6.45, 7) is 4.69. The van der Waals surface area contributed by atoms with Crippen LogP contribution in [0.3, 0.4) is 0 Å². The molecular weight excluding hydrogens is 450 g/mol. The van der Waals surface area contributed by atoms with Crippen LogP contribution >= 0.6 is 11.8 Å². The molecule has 34 heavy (non-hydrogen) atoms. The third kappa shape index (κ3) is 5.66. The van der Waals surface area contributed by atoms with Crippen LogP contribution in [0, 0.1) is 0 Å². The summed E-state index contributed by atoms with van der Waals surface area (Å²) in [5, 5.41) is 16.2. The average molecular weight is 478 g/mol. The van der Waals surface area contributed by atoms with Crippen molar-refractivity contribution < 1.29 is 14.1 Å². The van der Waals surface area contributed by atoms with E-state index >= 15 is 0 Å². The second-order valence-corrected chi connectivity index (χ2v) is 8.94. The standard InChI is InChI=1S/C25H27N5O3S/c1-17(2)20-15-23(33-29-20)26-22(31)16-34-25-28-27-24(19-11-7-8-12-21(19)32-3)30(25)14-13-18-9-5-4-6-10-18/h4-12,15,17H,13-14,16H2,1-3H3,(H,26,31). The Labute approximate surface area is 202 Å². The van der Waals surface area contributed by atoms with Gasteiger partial charge in [0.1, 0.15) is 5.75 Å². The largest absolute Gasteiger partial charge is 0.496 e. The fraction of sp³-hybridized carbons (Fsp3) is 0.280. The van der Waals surface area contributed by atoms with Gasteiger partial charge in [-0.05, 0) is 30.0 Å². The molecule has 0 fully saturated rings. The number of para-hydroxylation sites is 1. The smallest absolute Gasteiger partial charge is 0.237 e. The number of benzene rings is 2. The monoisotopic (exact) mass is 477 g/mol. The molecule has 2 heterocycles. The molecule has 1 amide bonds. The van der Waals surface area contributed by atoms with Gasteiger partial charge in [0, 0.05) is 12.6 Å². The van der Waals surface area contributed by atoms with E-state index in [1.807, 2.05) is 60.9 Å². The van der Waals surface area contributed by atoms with E-state index in [9.17, 15) is 4.79 Å². The maximum absolute atomic E-state index is 12.5. The number of carbonyl (C=O) groups is 1. The number of hydrogen-bond acceptors (Lipinski definition) is 7. The minimum atomic E-state index is -0.201. The van der Waals surface area contributed by atoms with Crippen molar-refractivity contribution in [2.24, 2.45) is 0 Å². The lowest BCUT2D eigenvalue weighted by molar-refractivity contribution is -0.113. The molecular formula is C25H27N5O3S. The number of thioether (sulfide) groups is 1. The fourth-order valence-corrected chi connectivity index (χ4v) is 4.20. The molecule has 4 rings (SSSR count). The first-order valence-electron chi connectivity index (χ1n) is 11.0. The van der Waals surface area contributed by atoms with Gasteiger partial charge in [-0.3, -0.25) is 10.1 Å². The van der Waals surface area contributed by atoms with Crippen LogP contribution in [0.2, 0.25) is 0 Å². The molecule has 1 N–H and O–H groups in total. The van der Waals surface area contributed by atoms with Crippen LogP contribution < -0.4 is 10.1 Å². The maximum atomic E-state index is 12.5. The Balaban J connectivity index is 1.52. The molecule has 0 spiro atoms. The first kappa shape index (κ1) is 23.6. The van der Waals surface area contributed by atoms with Gasteiger partial charge < -0.3 is 13.8 Å². The fourth-order valence-electron chi connectivity index (χ4n) is 3.43. The van der Waals surface area contributed by atoms with Gasteiger partial charge in [-0.2, -0.15) is 0 Å². The lowest BCUT2D eigenvalue weighted by Gasteiger charge is -2.12. The Morgan fingerprint density at radius 2 is 1.88 bits per heavy atom. The normalized spacial score (nSPS) is 11.1. The number of aryl methyl sites for hydroxylation is 1. The van der Waals surface area contributed by atoms with E-state index in [0.29, 0.717) is 23.4 Å². The Kier molecular flexibility index (Phi) is 7.64. The summed E-state index contributed by atoms with van der Waals surface area (Å²) in [5.74, 6) is 1.94. The van der Waals surface area contributed by atoms with Gasteiger partial charge in [0.25, 0.3) is 0 Å². The predicted octanol–water partition coefficient (Wildman–Crippen LogP) is 5.04. The molecule has 0 unspecified atom stereocenters. The Morgan fingerprint density at radius 1 is 1.12 bits per heavy atom. The van der Waals surface area contributed by atoms with Crippen molar-refractivity contribution in [2.75, 3.05) is 18.2 Å². The molecule has 0 aliphatic carbocycles. The number of methoxy groups -OCH3 is 1. The van der Waals surface area contributed by atoms with Crippen LogP contribution in [0.25, 0.3) is 11.4 Å². The highest BCUT2D eigenvalue weighted by Gasteiger charge is 2.19. The minimum absolute atomic E-state index is 0.160. The van der Waals surface area contributed by atoms with E-state index in [2.05, 4.69) is 32.8 Å². The number of anilines is 1. The van der Waals surface area contributed by atoms with Crippen LogP contribution in [0.15, 0.2) is 70.3 Å². The van der Waals surface area contributed by atoms with E-state index < -0.39 is 0 Å². The minimum Gasteiger partial charge on any atom is -0.496 e. The van der Waals surface area contributed by atoms with Crippen LogP contribution in [0.4, 0.5) is 5.88 Å². The molecule has 0 saturated carbocycles. The molecule has 176 valence electrons. The summed E-state index contributed by atoms with van der Waals surface area (Å²) in [4.78, 5) is 12.5. The first-order valence-corrected chi connectivity index (χ1v) is 12.0. The van der Waals surface area contributed by atoms with Gasteiger partial charge in [-0.1, -0.05) is 73.2 Å². The summed E-state index contributed by atoms with van der Waals surface area (Å²) < 4.78 is 12.8. The van der Waals surface area contributed by atoms with E-state index in [-0.39, 0.29) is 17.6 Å². The number of nitrogens with one attached hydrogen (secondary N) is 1. The highest BCUT2D eigenvalue weighted by atomic mass is 32.2. The lowest BCUT2D eigenvalue weighted by atomic mass is 10.1. The molecule has 4 aromatic rings. The lowest BCUT2D eigenvalue weighted by Crippen LogP contribution is -2.14. The van der Waals surface area contributed by atoms with Gasteiger partial charge in [0.2, 0.25) is 11.8 Å². The van der Waals surface area contributed by atoms with Crippen LogP contribution in [-0.2, 0) is 17.8 Å². The van der Waals surface area contributed by atoms with E-state index in [1.165, 1.54) is 17.3 Å². The van der Waals surface area contributed by atoms with Gasteiger partial charge in [0.05, 0.1) is 24.1 Å². The molecule has 0 radical (unpaired) electrons. The summed E-state index contributed by atoms with van der Waals surface area (Å²) in [5.41, 5.74) is 2.86. The second kappa shape index (κ2) is 11.0. The van der Waals surface area contributed by atoms with Crippen LogP contribution in [-0.4, -0.2) is 38.7 Å². The highest BCUT2D eigenvalue weighted by molar-refractivity contribution is 7.99. The molecule has 0 aliphatic rings. The van der Waals surface area contributed by atoms with Crippen molar-refractivity contribution in [2.45, 2.75) is 37.9 Å². The Morgan fingerprint density at radius 3 is 2.62 bits per heavy atom. The summed E-state index contributed by atoms with van der Waals surface area (Å²) in [6, 6.07) is 19.7. The van der Waals surface area contributed by atoms with Crippen molar-refractivity contribution in [1.82, 2.24) is 19.9 Å². The number of amides is 1. The van der Waals surface area contributed by atoms with E-state index in [4.69, 9.17) is 9.26 Å². The maximum Gasteiger partial charge on any atom is 0.237 e. The zero-order valence-corrected chi connectivity index (χ0v) is 20.2. The van der Waals surface area contributed by atoms with E-state index in [1.54, 1.807) is 13.2 Å². The van der Waals surface area contributed by atoms with Gasteiger partial charge >= 0.3 is 0 Å². The first-order chi connectivity index (χ1) is 16.5. The number of nitrogens with zero attached hydrogens (tertiary/aromatic N) is 4. The second-order valence-electron chi connectivity index (χ2n) is 8.00. The average Bonchev–Trinajstić information content (AvgIpc) is 3.49. The highest BCUT2D eigenvalue weighted by Crippen LogP contribution is 2.31. The summed E-state index contributed by atoms with van der Waals surface area (Å²) in [7, 11) is 1.64. The zero-order chi connectivity index (χ0) is 23.9. The Bertz CT molecular complexity index is 1240. The van der Waals surface area contributed by atoms with Crippen LogP contribution in [0.5, 0.6) is 5.75 Å². The predicted molar refractivity (Wildman–Crippen MR) is 132 cm³/mol. The Hall–Kier alpha value is -3.59. The molecule has 0 atom stereocenters. The van der Waals surface area contributed by atoms with Crippen LogP contribution in [0.1, 0.15) is 31.0 Å². The molecule has 2 aromatic carbocycles. The number of hydrogen-bond donors (Lipinski definition) is 1. The van der Waals surface area contributed by atoms with Crippen molar-refractivity contribution >= 4 is 23.6 Å². The third-order valence-electron chi connectivity index (χ3n) is 5.25. The van der Waals surface area contributed by atoms with Crippen molar-refractivity contribution in [3.8, 4) is 17.1 Å². The van der Waals surface area contributed by atoms with Crippen molar-refractivity contribution in [1.29, 1.82) is 0 Å². The molecule has 2 aromatic heterocycles.